The Hall–Kier alpha value is -2.41. The SMILES string of the molecule is C/C=C(/C)[C@@H]1C=C[C@@H]2C[C@H](C)C[C@H](C)[C@H]2[C@@H]1/C([O-])=C1/C(=O)N[C@H](C[C@](C)(O)C(=O)[O-])C1=O. The third-order valence-electron chi connectivity index (χ3n) is 7.63. The number of carboxylic acid groups (broad SMARTS) is 1. The van der Waals surface area contributed by atoms with Crippen molar-refractivity contribution in [2.75, 3.05) is 0 Å². The van der Waals surface area contributed by atoms with Crippen molar-refractivity contribution in [2.45, 2.75) is 65.5 Å². The van der Waals surface area contributed by atoms with Crippen molar-refractivity contribution in [3.05, 3.63) is 35.1 Å². The van der Waals surface area contributed by atoms with E-state index in [9.17, 15) is 29.7 Å². The van der Waals surface area contributed by atoms with Crippen molar-refractivity contribution in [1.29, 1.82) is 0 Å². The van der Waals surface area contributed by atoms with Gasteiger partial charge in [0.15, 0.2) is 5.78 Å². The summed E-state index contributed by atoms with van der Waals surface area (Å²) in [6.07, 6.45) is 7.57. The molecule has 2 fully saturated rings. The second-order valence-corrected chi connectivity index (χ2v) is 10.2. The average Bonchev–Trinajstić information content (AvgIpc) is 2.98. The van der Waals surface area contributed by atoms with Gasteiger partial charge in [-0.15, -0.1) is 5.76 Å². The number of Topliss-reactive ketones (excluding diaryl/α,β-unsaturated/α-hetero) is 1. The topological polar surface area (TPSA) is 130 Å². The molecule has 0 bridgehead atoms. The number of carbonyl (C=O) groups is 3. The lowest BCUT2D eigenvalue weighted by atomic mass is 9.57. The molecule has 2 aliphatic carbocycles. The smallest absolute Gasteiger partial charge is 0.254 e. The molecule has 32 heavy (non-hydrogen) atoms. The lowest BCUT2D eigenvalue weighted by molar-refractivity contribution is -0.324. The molecule has 0 unspecified atom stereocenters. The van der Waals surface area contributed by atoms with Crippen LogP contribution in [-0.4, -0.2) is 34.4 Å². The van der Waals surface area contributed by atoms with Gasteiger partial charge in [-0.25, -0.2) is 0 Å². The highest BCUT2D eigenvalue weighted by molar-refractivity contribution is 6.27. The van der Waals surface area contributed by atoms with Crippen LogP contribution < -0.4 is 15.5 Å². The van der Waals surface area contributed by atoms with Gasteiger partial charge in [-0.1, -0.05) is 37.6 Å². The van der Waals surface area contributed by atoms with Crippen LogP contribution in [0.5, 0.6) is 0 Å². The summed E-state index contributed by atoms with van der Waals surface area (Å²) in [6, 6.07) is -1.27. The predicted molar refractivity (Wildman–Crippen MR) is 114 cm³/mol. The zero-order valence-corrected chi connectivity index (χ0v) is 19.4. The summed E-state index contributed by atoms with van der Waals surface area (Å²) in [5.74, 6) is -3.49. The van der Waals surface area contributed by atoms with E-state index >= 15 is 0 Å². The second kappa shape index (κ2) is 8.85. The van der Waals surface area contributed by atoms with Crippen LogP contribution in [0.3, 0.4) is 0 Å². The van der Waals surface area contributed by atoms with Crippen molar-refractivity contribution in [1.82, 2.24) is 5.32 Å². The van der Waals surface area contributed by atoms with Gasteiger partial charge in [0.1, 0.15) is 5.60 Å². The Labute approximate surface area is 189 Å². The van der Waals surface area contributed by atoms with Gasteiger partial charge in [-0.2, -0.15) is 0 Å². The van der Waals surface area contributed by atoms with Crippen LogP contribution in [0.25, 0.3) is 0 Å². The Morgan fingerprint density at radius 2 is 1.91 bits per heavy atom. The molecule has 1 aliphatic heterocycles. The monoisotopic (exact) mass is 443 g/mol. The van der Waals surface area contributed by atoms with Crippen molar-refractivity contribution in [3.63, 3.8) is 0 Å². The lowest BCUT2D eigenvalue weighted by Gasteiger charge is -2.50. The lowest BCUT2D eigenvalue weighted by Crippen LogP contribution is -2.50. The molecule has 1 amide bonds. The van der Waals surface area contributed by atoms with Crippen LogP contribution in [0.15, 0.2) is 35.1 Å². The molecule has 1 heterocycles. The number of amides is 1. The molecule has 7 nitrogen and oxygen atoms in total. The standard InChI is InChI=1S/C25H35NO6/c1-6-13(3)16-8-7-15-10-12(2)9-14(4)18(15)19(16)22(28)20-21(27)17(26-23(20)29)11-25(5,32)24(30)31/h6-8,12,14-19,28,32H,9-11H2,1-5H3,(H,26,29)(H,30,31)/p-2/b13-6-,22-20-/t12-,14+,15-,16+,17-,18-,19-,25+/m1/s1. The fraction of sp³-hybridized carbons (Fsp3) is 0.640. The molecule has 0 spiro atoms. The molecule has 176 valence electrons. The normalized spacial score (nSPS) is 38.7. The van der Waals surface area contributed by atoms with Crippen LogP contribution >= 0.6 is 0 Å². The van der Waals surface area contributed by atoms with Gasteiger partial charge in [0, 0.05) is 12.3 Å². The van der Waals surface area contributed by atoms with Gasteiger partial charge >= 0.3 is 0 Å². The number of aliphatic hydroxyl groups is 1. The van der Waals surface area contributed by atoms with E-state index in [4.69, 9.17) is 0 Å². The van der Waals surface area contributed by atoms with Gasteiger partial charge in [0.05, 0.1) is 17.6 Å². The molecule has 0 aromatic carbocycles. The number of rotatable bonds is 5. The first-order chi connectivity index (χ1) is 14.9. The maximum Gasteiger partial charge on any atom is 0.254 e. The summed E-state index contributed by atoms with van der Waals surface area (Å²) < 4.78 is 0. The summed E-state index contributed by atoms with van der Waals surface area (Å²) in [6.45, 7) is 9.20. The largest absolute Gasteiger partial charge is 0.875 e. The van der Waals surface area contributed by atoms with Crippen LogP contribution in [0.1, 0.15) is 53.9 Å². The zero-order valence-electron chi connectivity index (χ0n) is 19.4. The van der Waals surface area contributed by atoms with E-state index in [-0.39, 0.29) is 23.7 Å². The summed E-state index contributed by atoms with van der Waals surface area (Å²) >= 11 is 0. The van der Waals surface area contributed by atoms with E-state index in [1.165, 1.54) is 0 Å². The van der Waals surface area contributed by atoms with E-state index in [1.54, 1.807) is 0 Å². The third-order valence-corrected chi connectivity index (χ3v) is 7.63. The number of hydrogen-bond acceptors (Lipinski definition) is 6. The Kier molecular flexibility index (Phi) is 6.70. The van der Waals surface area contributed by atoms with Crippen molar-refractivity contribution in [3.8, 4) is 0 Å². The first kappa shape index (κ1) is 24.2. The maximum absolute atomic E-state index is 13.8. The Morgan fingerprint density at radius 1 is 1.25 bits per heavy atom. The van der Waals surface area contributed by atoms with Crippen molar-refractivity contribution < 1.29 is 29.7 Å². The molecular weight excluding hydrogens is 410 g/mol. The number of carboxylic acids is 1. The van der Waals surface area contributed by atoms with Crippen LogP contribution in [0.2, 0.25) is 0 Å². The van der Waals surface area contributed by atoms with Crippen molar-refractivity contribution >= 4 is 17.7 Å². The van der Waals surface area contributed by atoms with Gasteiger partial charge in [0.25, 0.3) is 5.91 Å². The quantitative estimate of drug-likeness (QED) is 0.277. The van der Waals surface area contributed by atoms with Gasteiger partial charge in [-0.05, 0) is 63.2 Å². The Morgan fingerprint density at radius 3 is 2.50 bits per heavy atom. The van der Waals surface area contributed by atoms with Gasteiger partial charge in [0.2, 0.25) is 0 Å². The Bertz CT molecular complexity index is 898. The highest BCUT2D eigenvalue weighted by Gasteiger charge is 2.46. The predicted octanol–water partition coefficient (Wildman–Crippen LogP) is 0.626. The summed E-state index contributed by atoms with van der Waals surface area (Å²) in [5, 5.41) is 37.4. The van der Waals surface area contributed by atoms with Crippen LogP contribution in [0.4, 0.5) is 0 Å². The molecule has 3 aliphatic rings. The molecule has 7 heteroatoms. The fourth-order valence-electron chi connectivity index (χ4n) is 5.95. The number of fused-ring (bicyclic) bond motifs is 1. The number of hydrogen-bond donors (Lipinski definition) is 2. The molecule has 0 aromatic rings. The molecule has 3 rings (SSSR count). The summed E-state index contributed by atoms with van der Waals surface area (Å²) in [5.41, 5.74) is -1.72. The van der Waals surface area contributed by atoms with Gasteiger partial charge in [-0.3, -0.25) is 9.59 Å². The minimum atomic E-state index is -2.30. The highest BCUT2D eigenvalue weighted by Crippen LogP contribution is 2.51. The van der Waals surface area contributed by atoms with E-state index in [1.807, 2.05) is 26.0 Å². The number of carbonyl (C=O) groups excluding carboxylic acids is 3. The summed E-state index contributed by atoms with van der Waals surface area (Å²) in [4.78, 5) is 36.9. The van der Waals surface area contributed by atoms with E-state index in [0.29, 0.717) is 5.92 Å². The van der Waals surface area contributed by atoms with Crippen LogP contribution in [0, 0.1) is 35.5 Å². The average molecular weight is 444 g/mol. The van der Waals surface area contributed by atoms with E-state index in [0.717, 1.165) is 25.3 Å². The Balaban J connectivity index is 2.04. The molecule has 0 radical (unpaired) electrons. The zero-order chi connectivity index (χ0) is 24.0. The number of nitrogens with one attached hydrogen (secondary N) is 1. The molecule has 2 N–H and O–H groups in total. The van der Waals surface area contributed by atoms with Gasteiger partial charge < -0.3 is 25.4 Å². The minimum Gasteiger partial charge on any atom is -0.875 e. The molecular formula is C25H33NO6-2. The summed E-state index contributed by atoms with van der Waals surface area (Å²) in [7, 11) is 0. The molecule has 0 aromatic heterocycles. The number of ketones is 1. The van der Waals surface area contributed by atoms with E-state index < -0.39 is 53.0 Å². The number of allylic oxidation sites excluding steroid dienone is 5. The third kappa shape index (κ3) is 4.27. The molecule has 1 saturated carbocycles. The van der Waals surface area contributed by atoms with Crippen molar-refractivity contribution in [2.24, 2.45) is 35.5 Å². The fourth-order valence-corrected chi connectivity index (χ4v) is 5.95. The first-order valence-electron chi connectivity index (χ1n) is 11.4. The molecule has 8 atom stereocenters. The highest BCUT2D eigenvalue weighted by atomic mass is 16.4. The minimum absolute atomic E-state index is 0.0158. The van der Waals surface area contributed by atoms with Crippen LogP contribution in [-0.2, 0) is 14.4 Å². The van der Waals surface area contributed by atoms with E-state index in [2.05, 4.69) is 25.2 Å². The first-order valence-corrected chi connectivity index (χ1v) is 11.4. The number of aliphatic carboxylic acids is 1. The molecule has 1 saturated heterocycles. The second-order valence-electron chi connectivity index (χ2n) is 10.2. The maximum atomic E-state index is 13.8.